The van der Waals surface area contributed by atoms with Crippen molar-refractivity contribution in [2.45, 2.75) is 63.3 Å². The van der Waals surface area contributed by atoms with Gasteiger partial charge in [-0.15, -0.1) is 0 Å². The van der Waals surface area contributed by atoms with Gasteiger partial charge in [0, 0.05) is 12.6 Å². The number of hydrogen-bond acceptors (Lipinski definition) is 1. The predicted octanol–water partition coefficient (Wildman–Crippen LogP) is 4.54. The molecule has 0 aromatic rings. The molecule has 4 saturated carbocycles. The first kappa shape index (κ1) is 17.9. The second-order valence-electron chi connectivity index (χ2n) is 8.13. The molecule has 4 bridgehead atoms. The van der Waals surface area contributed by atoms with Gasteiger partial charge >= 0.3 is 12.4 Å². The van der Waals surface area contributed by atoms with E-state index in [1.165, 1.54) is 0 Å². The van der Waals surface area contributed by atoms with Crippen molar-refractivity contribution in [1.29, 1.82) is 0 Å². The molecule has 0 unspecified atom stereocenters. The molecular weight excluding hydrogens is 336 g/mol. The molecule has 0 atom stereocenters. The molecule has 0 aromatic heterocycles. The Hall–Kier alpha value is -0.950. The summed E-state index contributed by atoms with van der Waals surface area (Å²) in [6.45, 7) is -0.0354. The van der Waals surface area contributed by atoms with Crippen LogP contribution in [0.15, 0.2) is 0 Å². The Bertz CT molecular complexity index is 488. The van der Waals surface area contributed by atoms with Gasteiger partial charge in [0.05, 0.1) is 0 Å². The highest BCUT2D eigenvalue weighted by molar-refractivity contribution is 5.84. The largest absolute Gasteiger partial charge is 0.411 e. The van der Waals surface area contributed by atoms with Gasteiger partial charge in [-0.2, -0.15) is 26.3 Å². The van der Waals surface area contributed by atoms with Crippen molar-refractivity contribution >= 4 is 5.91 Å². The van der Waals surface area contributed by atoms with E-state index >= 15 is 0 Å². The standard InChI is InChI=1S/C16H21F6NO/c1-13(15(17,18)19,16(20,21)22)12(24)23(2)14-6-9-3-10(7-14)5-11(4-9)8-14/h9-11H,3-8H2,1-2H3. The highest BCUT2D eigenvalue weighted by atomic mass is 19.4. The molecule has 2 nitrogen and oxygen atoms in total. The monoisotopic (exact) mass is 357 g/mol. The van der Waals surface area contributed by atoms with Crippen molar-refractivity contribution in [3.63, 3.8) is 0 Å². The molecule has 0 aromatic carbocycles. The minimum atomic E-state index is -5.68. The van der Waals surface area contributed by atoms with Crippen LogP contribution in [0.25, 0.3) is 0 Å². The zero-order chi connectivity index (χ0) is 18.1. The third-order valence-electron chi connectivity index (χ3n) is 6.58. The summed E-state index contributed by atoms with van der Waals surface area (Å²) in [7, 11) is 1.13. The van der Waals surface area contributed by atoms with E-state index in [1.807, 2.05) is 0 Å². The molecule has 0 saturated heterocycles. The second-order valence-corrected chi connectivity index (χ2v) is 8.13. The van der Waals surface area contributed by atoms with Crippen LogP contribution in [0.3, 0.4) is 0 Å². The average Bonchev–Trinajstić information content (AvgIpc) is 2.40. The zero-order valence-corrected chi connectivity index (χ0v) is 13.6. The third kappa shape index (κ3) is 2.35. The minimum absolute atomic E-state index is 0.0354. The normalized spacial score (nSPS) is 36.1. The molecule has 8 heteroatoms. The van der Waals surface area contributed by atoms with Gasteiger partial charge < -0.3 is 4.90 Å². The van der Waals surface area contributed by atoms with Crippen LogP contribution < -0.4 is 0 Å². The SMILES string of the molecule is CN(C(=O)C(C)(C(F)(F)F)C(F)(F)F)C12CC3CC(CC(C3)C1)C2. The van der Waals surface area contributed by atoms with Gasteiger partial charge in [-0.25, -0.2) is 0 Å². The van der Waals surface area contributed by atoms with Crippen LogP contribution in [0.1, 0.15) is 45.4 Å². The van der Waals surface area contributed by atoms with Gasteiger partial charge in [0.25, 0.3) is 0 Å². The van der Waals surface area contributed by atoms with Crippen LogP contribution in [0.4, 0.5) is 26.3 Å². The van der Waals surface area contributed by atoms with Gasteiger partial charge in [0.1, 0.15) is 0 Å². The Morgan fingerprint density at radius 1 is 0.875 bits per heavy atom. The van der Waals surface area contributed by atoms with Crippen LogP contribution in [-0.2, 0) is 4.79 Å². The molecule has 4 rings (SSSR count). The van der Waals surface area contributed by atoms with Crippen LogP contribution >= 0.6 is 0 Å². The van der Waals surface area contributed by atoms with E-state index in [2.05, 4.69) is 0 Å². The Morgan fingerprint density at radius 3 is 1.50 bits per heavy atom. The van der Waals surface area contributed by atoms with Crippen molar-refractivity contribution in [1.82, 2.24) is 4.90 Å². The zero-order valence-electron chi connectivity index (χ0n) is 13.6. The summed E-state index contributed by atoms with van der Waals surface area (Å²) < 4.78 is 79.3. The fourth-order valence-corrected chi connectivity index (χ4v) is 5.43. The number of carbonyl (C=O) groups is 1. The Morgan fingerprint density at radius 2 is 1.21 bits per heavy atom. The van der Waals surface area contributed by atoms with Crippen molar-refractivity contribution in [2.75, 3.05) is 7.05 Å². The molecule has 0 aliphatic heterocycles. The first-order chi connectivity index (χ1) is 10.8. The quantitative estimate of drug-likeness (QED) is 0.664. The van der Waals surface area contributed by atoms with Gasteiger partial charge in [0.2, 0.25) is 11.3 Å². The topological polar surface area (TPSA) is 20.3 Å². The van der Waals surface area contributed by atoms with Crippen LogP contribution in [0.2, 0.25) is 0 Å². The molecule has 0 radical (unpaired) electrons. The summed E-state index contributed by atoms with van der Waals surface area (Å²) in [6.07, 6.45) is -6.85. The van der Waals surface area contributed by atoms with Gasteiger partial charge in [-0.05, 0) is 63.2 Å². The third-order valence-corrected chi connectivity index (χ3v) is 6.58. The highest BCUT2D eigenvalue weighted by Gasteiger charge is 2.74. The first-order valence-electron chi connectivity index (χ1n) is 8.22. The lowest BCUT2D eigenvalue weighted by Gasteiger charge is -2.60. The van der Waals surface area contributed by atoms with Crippen molar-refractivity contribution < 1.29 is 31.1 Å². The predicted molar refractivity (Wildman–Crippen MR) is 73.9 cm³/mol. The number of alkyl halides is 6. The molecule has 4 aliphatic carbocycles. The fraction of sp³-hybridized carbons (Fsp3) is 0.938. The van der Waals surface area contributed by atoms with E-state index < -0.39 is 29.2 Å². The van der Waals surface area contributed by atoms with E-state index in [1.54, 1.807) is 0 Å². The lowest BCUT2D eigenvalue weighted by Crippen LogP contribution is -2.66. The van der Waals surface area contributed by atoms with E-state index in [4.69, 9.17) is 0 Å². The summed E-state index contributed by atoms with van der Waals surface area (Å²) >= 11 is 0. The molecule has 24 heavy (non-hydrogen) atoms. The molecule has 0 spiro atoms. The molecule has 138 valence electrons. The number of hydrogen-bond donors (Lipinski definition) is 0. The minimum Gasteiger partial charge on any atom is -0.339 e. The van der Waals surface area contributed by atoms with Gasteiger partial charge in [-0.3, -0.25) is 4.79 Å². The molecule has 4 fully saturated rings. The average molecular weight is 357 g/mol. The lowest BCUT2D eigenvalue weighted by atomic mass is 9.52. The van der Waals surface area contributed by atoms with Crippen LogP contribution in [0, 0.1) is 23.2 Å². The first-order valence-corrected chi connectivity index (χ1v) is 8.22. The van der Waals surface area contributed by atoms with Crippen molar-refractivity contribution in [3.8, 4) is 0 Å². The smallest absolute Gasteiger partial charge is 0.339 e. The number of amides is 1. The summed E-state index contributed by atoms with van der Waals surface area (Å²) in [5.41, 5.74) is -5.21. The van der Waals surface area contributed by atoms with Crippen molar-refractivity contribution in [2.24, 2.45) is 23.2 Å². The van der Waals surface area contributed by atoms with Crippen LogP contribution in [-0.4, -0.2) is 35.7 Å². The summed E-state index contributed by atoms with van der Waals surface area (Å²) in [6, 6.07) is 0. The second kappa shape index (κ2) is 5.04. The van der Waals surface area contributed by atoms with Gasteiger partial charge in [-0.1, -0.05) is 0 Å². The van der Waals surface area contributed by atoms with E-state index in [-0.39, 0.29) is 6.92 Å². The Labute approximate surface area is 136 Å². The van der Waals surface area contributed by atoms with E-state index in [0.717, 1.165) is 31.2 Å². The number of rotatable bonds is 2. The van der Waals surface area contributed by atoms with Crippen molar-refractivity contribution in [3.05, 3.63) is 0 Å². The molecular formula is C16H21F6NO. The maximum absolute atomic E-state index is 13.2. The highest BCUT2D eigenvalue weighted by Crippen LogP contribution is 2.59. The lowest BCUT2D eigenvalue weighted by molar-refractivity contribution is -0.324. The molecule has 1 amide bonds. The Kier molecular flexibility index (Phi) is 3.75. The summed E-state index contributed by atoms with van der Waals surface area (Å²) in [5.74, 6) is -0.928. The fourth-order valence-electron chi connectivity index (χ4n) is 5.43. The summed E-state index contributed by atoms with van der Waals surface area (Å²) in [5, 5.41) is 0. The van der Waals surface area contributed by atoms with Crippen LogP contribution in [0.5, 0.6) is 0 Å². The molecule has 4 aliphatic rings. The molecule has 0 heterocycles. The Balaban J connectivity index is 1.94. The maximum atomic E-state index is 13.2. The van der Waals surface area contributed by atoms with E-state index in [0.29, 0.717) is 37.0 Å². The number of carbonyl (C=O) groups excluding carboxylic acids is 1. The van der Waals surface area contributed by atoms with E-state index in [9.17, 15) is 31.1 Å². The maximum Gasteiger partial charge on any atom is 0.411 e. The van der Waals surface area contributed by atoms with Gasteiger partial charge in [0.15, 0.2) is 0 Å². The number of halogens is 6. The number of nitrogens with zero attached hydrogens (tertiary/aromatic N) is 1. The summed E-state index contributed by atoms with van der Waals surface area (Å²) in [4.78, 5) is 13.3. The molecule has 0 N–H and O–H groups in total.